The Hall–Kier alpha value is -1.72. The van der Waals surface area contributed by atoms with Gasteiger partial charge in [-0.3, -0.25) is 4.79 Å². The minimum absolute atomic E-state index is 0.122. The predicted octanol–water partition coefficient (Wildman–Crippen LogP) is 3.93. The molecule has 5 heteroatoms. The molecule has 0 radical (unpaired) electrons. The van der Waals surface area contributed by atoms with Crippen LogP contribution in [0.15, 0.2) is 30.3 Å². The average Bonchev–Trinajstić information content (AvgIpc) is 2.97. The van der Waals surface area contributed by atoms with Gasteiger partial charge in [0.05, 0.1) is 4.88 Å². The highest BCUT2D eigenvalue weighted by Gasteiger charge is 2.25. The summed E-state index contributed by atoms with van der Waals surface area (Å²) in [7, 11) is 1.96. The van der Waals surface area contributed by atoms with E-state index in [1.807, 2.05) is 24.9 Å². The molecule has 24 heavy (non-hydrogen) atoms. The van der Waals surface area contributed by atoms with E-state index in [0.717, 1.165) is 46.9 Å². The number of thiophene rings is 1. The lowest BCUT2D eigenvalue weighted by Gasteiger charge is -2.32. The average molecular weight is 346 g/mol. The molecule has 1 aromatic carbocycles. The van der Waals surface area contributed by atoms with E-state index < -0.39 is 0 Å². The molecule has 0 saturated carbocycles. The Kier molecular flexibility index (Phi) is 5.31. The highest BCUT2D eigenvalue weighted by atomic mass is 32.1. The monoisotopic (exact) mass is 346 g/mol. The standard InChI is InChI=1S/C19H23FN2OS/c1-13-17(15-5-7-16(20)8-6-15)10-18(24-13)19(23)22-9-3-4-14(12-22)11-21-2/h5-8,10,14,21H,3-4,9,11-12H2,1-2H3/t14-/m1/s1. The van der Waals surface area contributed by atoms with Crippen LogP contribution in [-0.2, 0) is 0 Å². The van der Waals surface area contributed by atoms with Gasteiger partial charge < -0.3 is 10.2 Å². The van der Waals surface area contributed by atoms with Crippen LogP contribution in [0.5, 0.6) is 0 Å². The molecule has 1 saturated heterocycles. The van der Waals surface area contributed by atoms with Gasteiger partial charge in [0.1, 0.15) is 5.82 Å². The number of halogens is 1. The maximum atomic E-state index is 13.1. The quantitative estimate of drug-likeness (QED) is 0.910. The van der Waals surface area contributed by atoms with Crippen molar-refractivity contribution < 1.29 is 9.18 Å². The third-order valence-electron chi connectivity index (χ3n) is 4.58. The molecule has 2 heterocycles. The van der Waals surface area contributed by atoms with Crippen molar-refractivity contribution in [2.45, 2.75) is 19.8 Å². The zero-order valence-electron chi connectivity index (χ0n) is 14.1. The van der Waals surface area contributed by atoms with Crippen molar-refractivity contribution in [3.8, 4) is 11.1 Å². The summed E-state index contributed by atoms with van der Waals surface area (Å²) < 4.78 is 13.1. The van der Waals surface area contributed by atoms with E-state index in [4.69, 9.17) is 0 Å². The lowest BCUT2D eigenvalue weighted by molar-refractivity contribution is 0.0679. The molecule has 0 bridgehead atoms. The molecule has 1 fully saturated rings. The molecule has 0 aliphatic carbocycles. The van der Waals surface area contributed by atoms with Crippen LogP contribution < -0.4 is 5.32 Å². The summed E-state index contributed by atoms with van der Waals surface area (Å²) >= 11 is 1.53. The number of aryl methyl sites for hydroxylation is 1. The number of piperidine rings is 1. The van der Waals surface area contributed by atoms with Crippen LogP contribution >= 0.6 is 11.3 Å². The Morgan fingerprint density at radius 2 is 2.12 bits per heavy atom. The van der Waals surface area contributed by atoms with Gasteiger partial charge in [-0.05, 0) is 68.6 Å². The van der Waals surface area contributed by atoms with Gasteiger partial charge in [-0.2, -0.15) is 0 Å². The molecule has 0 unspecified atom stereocenters. The SMILES string of the molecule is CNC[C@H]1CCCN(C(=O)c2cc(-c3ccc(F)cc3)c(C)s2)C1. The minimum Gasteiger partial charge on any atom is -0.338 e. The zero-order chi connectivity index (χ0) is 17.1. The minimum atomic E-state index is -0.244. The Balaban J connectivity index is 1.78. The van der Waals surface area contributed by atoms with Crippen LogP contribution in [0.1, 0.15) is 27.4 Å². The summed E-state index contributed by atoms with van der Waals surface area (Å²) in [4.78, 5) is 16.7. The number of benzene rings is 1. The summed E-state index contributed by atoms with van der Waals surface area (Å²) in [6, 6.07) is 8.41. The van der Waals surface area contributed by atoms with E-state index in [9.17, 15) is 9.18 Å². The summed E-state index contributed by atoms with van der Waals surface area (Å²) in [5.41, 5.74) is 1.98. The second-order valence-electron chi connectivity index (χ2n) is 6.40. The molecular weight excluding hydrogens is 323 g/mol. The van der Waals surface area contributed by atoms with Crippen molar-refractivity contribution in [2.24, 2.45) is 5.92 Å². The maximum Gasteiger partial charge on any atom is 0.263 e. The molecule has 1 aromatic heterocycles. The zero-order valence-corrected chi connectivity index (χ0v) is 15.0. The Morgan fingerprint density at radius 1 is 1.38 bits per heavy atom. The third-order valence-corrected chi connectivity index (χ3v) is 5.62. The van der Waals surface area contributed by atoms with E-state index in [1.54, 1.807) is 12.1 Å². The molecule has 3 nitrogen and oxygen atoms in total. The number of amides is 1. The molecule has 1 aliphatic heterocycles. The van der Waals surface area contributed by atoms with Crippen molar-refractivity contribution in [2.75, 3.05) is 26.7 Å². The molecule has 0 spiro atoms. The fourth-order valence-corrected chi connectivity index (χ4v) is 4.37. The van der Waals surface area contributed by atoms with Crippen LogP contribution in [0.25, 0.3) is 11.1 Å². The first-order valence-electron chi connectivity index (χ1n) is 8.38. The van der Waals surface area contributed by atoms with Crippen LogP contribution in [0, 0.1) is 18.7 Å². The maximum absolute atomic E-state index is 13.1. The lowest BCUT2D eigenvalue weighted by atomic mass is 9.98. The highest BCUT2D eigenvalue weighted by Crippen LogP contribution is 2.32. The van der Waals surface area contributed by atoms with E-state index in [0.29, 0.717) is 5.92 Å². The summed E-state index contributed by atoms with van der Waals surface area (Å²) in [6.45, 7) is 4.62. The predicted molar refractivity (Wildman–Crippen MR) is 97.0 cm³/mol. The van der Waals surface area contributed by atoms with Gasteiger partial charge >= 0.3 is 0 Å². The summed E-state index contributed by atoms with van der Waals surface area (Å²) in [5.74, 6) is 0.411. The number of likely N-dealkylation sites (tertiary alicyclic amines) is 1. The van der Waals surface area contributed by atoms with Gasteiger partial charge in [0.2, 0.25) is 0 Å². The van der Waals surface area contributed by atoms with Crippen LogP contribution in [-0.4, -0.2) is 37.5 Å². The van der Waals surface area contributed by atoms with Crippen molar-refractivity contribution in [3.05, 3.63) is 45.9 Å². The van der Waals surface area contributed by atoms with Crippen molar-refractivity contribution >= 4 is 17.2 Å². The number of hydrogen-bond donors (Lipinski definition) is 1. The third kappa shape index (κ3) is 3.68. The Morgan fingerprint density at radius 3 is 2.83 bits per heavy atom. The number of carbonyl (C=O) groups is 1. The lowest BCUT2D eigenvalue weighted by Crippen LogP contribution is -2.42. The first kappa shape index (κ1) is 17.1. The van der Waals surface area contributed by atoms with Gasteiger partial charge in [-0.1, -0.05) is 12.1 Å². The normalized spacial score (nSPS) is 18.0. The first-order valence-corrected chi connectivity index (χ1v) is 9.20. The van der Waals surface area contributed by atoms with E-state index in [2.05, 4.69) is 5.32 Å². The molecule has 1 amide bonds. The molecule has 1 N–H and O–H groups in total. The second-order valence-corrected chi connectivity index (χ2v) is 7.66. The fraction of sp³-hybridized carbons (Fsp3) is 0.421. The molecule has 3 rings (SSSR count). The van der Waals surface area contributed by atoms with Gasteiger partial charge in [-0.15, -0.1) is 11.3 Å². The second kappa shape index (κ2) is 7.45. The topological polar surface area (TPSA) is 32.3 Å². The molecular formula is C19H23FN2OS. The Labute approximate surface area is 146 Å². The number of carbonyl (C=O) groups excluding carboxylic acids is 1. The van der Waals surface area contributed by atoms with E-state index in [-0.39, 0.29) is 11.7 Å². The van der Waals surface area contributed by atoms with Gasteiger partial charge in [0, 0.05) is 18.0 Å². The highest BCUT2D eigenvalue weighted by molar-refractivity contribution is 7.14. The van der Waals surface area contributed by atoms with Crippen molar-refractivity contribution in [1.82, 2.24) is 10.2 Å². The number of nitrogens with zero attached hydrogens (tertiary/aromatic N) is 1. The largest absolute Gasteiger partial charge is 0.338 e. The fourth-order valence-electron chi connectivity index (χ4n) is 3.36. The van der Waals surface area contributed by atoms with Crippen LogP contribution in [0.3, 0.4) is 0 Å². The first-order chi connectivity index (χ1) is 11.6. The number of nitrogens with one attached hydrogen (secondary N) is 1. The number of rotatable bonds is 4. The number of hydrogen-bond acceptors (Lipinski definition) is 3. The van der Waals surface area contributed by atoms with Crippen LogP contribution in [0.2, 0.25) is 0 Å². The van der Waals surface area contributed by atoms with Gasteiger partial charge in [0.15, 0.2) is 0 Å². The van der Waals surface area contributed by atoms with E-state index in [1.165, 1.54) is 29.9 Å². The summed E-state index contributed by atoms with van der Waals surface area (Å²) in [6.07, 6.45) is 2.24. The van der Waals surface area contributed by atoms with Gasteiger partial charge in [0.25, 0.3) is 5.91 Å². The van der Waals surface area contributed by atoms with E-state index >= 15 is 0 Å². The van der Waals surface area contributed by atoms with Crippen molar-refractivity contribution in [3.63, 3.8) is 0 Å². The molecule has 1 aliphatic rings. The molecule has 1 atom stereocenters. The smallest absolute Gasteiger partial charge is 0.263 e. The summed E-state index contributed by atoms with van der Waals surface area (Å²) in [5, 5.41) is 3.21. The molecule has 128 valence electrons. The Bertz CT molecular complexity index is 709. The van der Waals surface area contributed by atoms with Gasteiger partial charge in [-0.25, -0.2) is 4.39 Å². The molecule has 2 aromatic rings. The van der Waals surface area contributed by atoms with Crippen LogP contribution in [0.4, 0.5) is 4.39 Å². The van der Waals surface area contributed by atoms with Crippen molar-refractivity contribution in [1.29, 1.82) is 0 Å².